The number of carbonyl (C=O) groups is 2. The lowest BCUT2D eigenvalue weighted by Gasteiger charge is -2.32. The lowest BCUT2D eigenvalue weighted by Crippen LogP contribution is -2.48. The van der Waals surface area contributed by atoms with Crippen molar-refractivity contribution in [3.8, 4) is 0 Å². The number of urea groups is 1. The molecule has 8 nitrogen and oxygen atoms in total. The minimum atomic E-state index is -0.189. The molecular weight excluding hydrogens is 360 g/mol. The number of piperidine rings is 1. The summed E-state index contributed by atoms with van der Waals surface area (Å²) in [6.45, 7) is 4.97. The van der Waals surface area contributed by atoms with Crippen LogP contribution in [-0.2, 0) is 4.74 Å². The van der Waals surface area contributed by atoms with Gasteiger partial charge in [-0.05, 0) is 36.3 Å². The van der Waals surface area contributed by atoms with Crippen LogP contribution in [0, 0.1) is 17.8 Å². The maximum absolute atomic E-state index is 12.5. The van der Waals surface area contributed by atoms with Crippen molar-refractivity contribution in [2.45, 2.75) is 6.42 Å². The lowest BCUT2D eigenvalue weighted by atomic mass is 10.2. The minimum Gasteiger partial charge on any atom is -0.449 e. The molecule has 2 aromatic rings. The van der Waals surface area contributed by atoms with Gasteiger partial charge in [0.25, 0.3) is 5.91 Å². The van der Waals surface area contributed by atoms with E-state index in [-0.39, 0.29) is 11.9 Å². The SMILES string of the molecule is O=C(NCC[C@@H]1[C@H]2CN(C(=O)N3CCOCC3)C[C@@H]12)c1cc2ccncc2o1. The third-order valence-corrected chi connectivity index (χ3v) is 6.23. The van der Waals surface area contributed by atoms with Crippen LogP contribution in [0.4, 0.5) is 4.79 Å². The topological polar surface area (TPSA) is 87.9 Å². The fraction of sp³-hybridized carbons (Fsp3) is 0.550. The van der Waals surface area contributed by atoms with Gasteiger partial charge in [-0.25, -0.2) is 4.79 Å². The molecule has 3 fully saturated rings. The van der Waals surface area contributed by atoms with Crippen molar-refractivity contribution in [2.75, 3.05) is 45.9 Å². The summed E-state index contributed by atoms with van der Waals surface area (Å²) in [4.78, 5) is 32.7. The molecule has 0 aromatic carbocycles. The first-order valence-corrected chi connectivity index (χ1v) is 9.94. The van der Waals surface area contributed by atoms with Crippen molar-refractivity contribution in [1.82, 2.24) is 20.1 Å². The quantitative estimate of drug-likeness (QED) is 0.865. The molecule has 3 amide bonds. The lowest BCUT2D eigenvalue weighted by molar-refractivity contribution is 0.0439. The van der Waals surface area contributed by atoms with E-state index in [1.165, 1.54) is 0 Å². The highest BCUT2D eigenvalue weighted by molar-refractivity contribution is 5.95. The Morgan fingerprint density at radius 2 is 1.96 bits per heavy atom. The number of furan rings is 1. The second kappa shape index (κ2) is 7.09. The molecule has 3 atom stereocenters. The van der Waals surface area contributed by atoms with E-state index in [2.05, 4.69) is 10.3 Å². The van der Waals surface area contributed by atoms with Gasteiger partial charge in [0.2, 0.25) is 0 Å². The Kier molecular flexibility index (Phi) is 4.43. The summed E-state index contributed by atoms with van der Waals surface area (Å²) in [5.74, 6) is 1.90. The standard InChI is InChI=1S/C20H24N4O4/c25-19(17-9-13-1-3-21-10-18(13)28-17)22-4-2-14-15-11-24(12-16(14)15)20(26)23-5-7-27-8-6-23/h1,3,9-10,14-16H,2,4-8,11-12H2,(H,22,25)/t14-,15-,16+. The van der Waals surface area contributed by atoms with E-state index < -0.39 is 0 Å². The molecule has 4 heterocycles. The minimum absolute atomic E-state index is 0.155. The Morgan fingerprint density at radius 1 is 1.18 bits per heavy atom. The summed E-state index contributed by atoms with van der Waals surface area (Å²) >= 11 is 0. The van der Waals surface area contributed by atoms with Gasteiger partial charge in [-0.1, -0.05) is 0 Å². The molecule has 2 aliphatic heterocycles. The van der Waals surface area contributed by atoms with Gasteiger partial charge < -0.3 is 24.3 Å². The van der Waals surface area contributed by atoms with Crippen molar-refractivity contribution in [3.63, 3.8) is 0 Å². The Morgan fingerprint density at radius 3 is 2.71 bits per heavy atom. The summed E-state index contributed by atoms with van der Waals surface area (Å²) in [6, 6.07) is 3.72. The molecule has 1 aliphatic carbocycles. The van der Waals surface area contributed by atoms with Gasteiger partial charge in [-0.3, -0.25) is 9.78 Å². The fourth-order valence-electron chi connectivity index (χ4n) is 4.62. The number of amides is 3. The van der Waals surface area contributed by atoms with E-state index in [0.29, 0.717) is 61.9 Å². The molecule has 1 N–H and O–H groups in total. The maximum Gasteiger partial charge on any atom is 0.320 e. The number of likely N-dealkylation sites (tertiary alicyclic amines) is 1. The molecule has 2 saturated heterocycles. The second-order valence-electron chi connectivity index (χ2n) is 7.85. The number of hydrogen-bond acceptors (Lipinski definition) is 5. The van der Waals surface area contributed by atoms with Gasteiger partial charge in [0.05, 0.1) is 19.4 Å². The summed E-state index contributed by atoms with van der Waals surface area (Å²) in [7, 11) is 0. The third kappa shape index (κ3) is 3.22. The van der Waals surface area contributed by atoms with Crippen LogP contribution in [0.2, 0.25) is 0 Å². The molecule has 8 heteroatoms. The Labute approximate surface area is 162 Å². The molecule has 0 spiro atoms. The summed E-state index contributed by atoms with van der Waals surface area (Å²) in [5.41, 5.74) is 0.620. The average molecular weight is 384 g/mol. The number of pyridine rings is 1. The van der Waals surface area contributed by atoms with E-state index in [9.17, 15) is 9.59 Å². The highest BCUT2D eigenvalue weighted by Gasteiger charge is 2.56. The van der Waals surface area contributed by atoms with E-state index in [1.807, 2.05) is 15.9 Å². The number of nitrogens with zero attached hydrogens (tertiary/aromatic N) is 3. The maximum atomic E-state index is 12.5. The molecular formula is C20H24N4O4. The van der Waals surface area contributed by atoms with Gasteiger partial charge >= 0.3 is 6.03 Å². The van der Waals surface area contributed by atoms with Crippen LogP contribution in [0.3, 0.4) is 0 Å². The first kappa shape index (κ1) is 17.5. The monoisotopic (exact) mass is 384 g/mol. The molecule has 0 bridgehead atoms. The molecule has 0 radical (unpaired) electrons. The van der Waals surface area contributed by atoms with Gasteiger partial charge in [-0.15, -0.1) is 0 Å². The predicted molar refractivity (Wildman–Crippen MR) is 101 cm³/mol. The molecule has 28 heavy (non-hydrogen) atoms. The zero-order chi connectivity index (χ0) is 19.1. The highest BCUT2D eigenvalue weighted by atomic mass is 16.5. The van der Waals surface area contributed by atoms with E-state index in [1.54, 1.807) is 18.5 Å². The Balaban J connectivity index is 1.06. The summed E-state index contributed by atoms with van der Waals surface area (Å²) in [6.07, 6.45) is 4.24. The predicted octanol–water partition coefficient (Wildman–Crippen LogP) is 1.58. The molecule has 0 unspecified atom stereocenters. The molecule has 2 aromatic heterocycles. The van der Waals surface area contributed by atoms with E-state index in [0.717, 1.165) is 24.9 Å². The number of ether oxygens (including phenoxy) is 1. The summed E-state index contributed by atoms with van der Waals surface area (Å²) in [5, 5.41) is 3.83. The van der Waals surface area contributed by atoms with Gasteiger partial charge in [-0.2, -0.15) is 0 Å². The normalized spacial score (nSPS) is 26.4. The number of fused-ring (bicyclic) bond motifs is 2. The molecule has 5 rings (SSSR count). The number of morpholine rings is 1. The van der Waals surface area contributed by atoms with Gasteiger partial charge in [0.1, 0.15) is 0 Å². The average Bonchev–Trinajstić information content (AvgIpc) is 3.10. The number of hydrogen-bond donors (Lipinski definition) is 1. The van der Waals surface area contributed by atoms with Crippen LogP contribution in [-0.4, -0.2) is 72.7 Å². The van der Waals surface area contributed by atoms with Crippen LogP contribution >= 0.6 is 0 Å². The zero-order valence-corrected chi connectivity index (χ0v) is 15.7. The zero-order valence-electron chi connectivity index (χ0n) is 15.7. The molecule has 148 valence electrons. The summed E-state index contributed by atoms with van der Waals surface area (Å²) < 4.78 is 10.9. The van der Waals surface area contributed by atoms with Crippen molar-refractivity contribution < 1.29 is 18.7 Å². The van der Waals surface area contributed by atoms with Gasteiger partial charge in [0.15, 0.2) is 11.3 Å². The Hall–Kier alpha value is -2.61. The van der Waals surface area contributed by atoms with Crippen molar-refractivity contribution in [2.24, 2.45) is 17.8 Å². The molecule has 1 saturated carbocycles. The number of aromatic nitrogens is 1. The largest absolute Gasteiger partial charge is 0.449 e. The van der Waals surface area contributed by atoms with Crippen LogP contribution < -0.4 is 5.32 Å². The first-order chi connectivity index (χ1) is 13.7. The third-order valence-electron chi connectivity index (χ3n) is 6.23. The molecule has 3 aliphatic rings. The van der Waals surface area contributed by atoms with Crippen molar-refractivity contribution in [1.29, 1.82) is 0 Å². The fourth-order valence-corrected chi connectivity index (χ4v) is 4.62. The van der Waals surface area contributed by atoms with Crippen molar-refractivity contribution in [3.05, 3.63) is 30.3 Å². The second-order valence-corrected chi connectivity index (χ2v) is 7.85. The highest BCUT2D eigenvalue weighted by Crippen LogP contribution is 2.53. The number of carbonyl (C=O) groups excluding carboxylic acids is 2. The van der Waals surface area contributed by atoms with E-state index >= 15 is 0 Å². The Bertz CT molecular complexity index is 846. The number of rotatable bonds is 4. The van der Waals surface area contributed by atoms with Crippen molar-refractivity contribution >= 4 is 22.9 Å². The van der Waals surface area contributed by atoms with Crippen LogP contribution in [0.1, 0.15) is 17.0 Å². The van der Waals surface area contributed by atoms with Crippen LogP contribution in [0.5, 0.6) is 0 Å². The van der Waals surface area contributed by atoms with Crippen LogP contribution in [0.15, 0.2) is 28.9 Å². The number of nitrogens with one attached hydrogen (secondary N) is 1. The smallest absolute Gasteiger partial charge is 0.320 e. The van der Waals surface area contributed by atoms with Crippen LogP contribution in [0.25, 0.3) is 11.0 Å². The first-order valence-electron chi connectivity index (χ1n) is 9.94. The van der Waals surface area contributed by atoms with Gasteiger partial charge in [0, 0.05) is 44.3 Å². The van der Waals surface area contributed by atoms with E-state index in [4.69, 9.17) is 9.15 Å².